The first-order chi connectivity index (χ1) is 7.33. The second-order valence-electron chi connectivity index (χ2n) is 2.81. The van der Waals surface area contributed by atoms with Crippen molar-refractivity contribution in [1.82, 2.24) is 0 Å². The van der Waals surface area contributed by atoms with Gasteiger partial charge in [0.25, 0.3) is 0 Å². The third kappa shape index (κ3) is 2.49. The summed E-state index contributed by atoms with van der Waals surface area (Å²) in [6, 6.07) is 5.43. The Hall–Kier alpha value is -2.46. The van der Waals surface area contributed by atoms with Gasteiger partial charge in [0.05, 0.1) is 11.4 Å². The Balaban J connectivity index is 3.16. The van der Waals surface area contributed by atoms with Gasteiger partial charge in [-0.15, -0.1) is 6.58 Å². The maximum Gasteiger partial charge on any atom is 0.181 e. The van der Waals surface area contributed by atoms with Crippen LogP contribution in [0.1, 0.15) is 5.56 Å². The lowest BCUT2D eigenvalue weighted by molar-refractivity contribution is 1.27. The molecule has 0 aliphatic rings. The number of hydrogen-bond acceptors (Lipinski definition) is 4. The van der Waals surface area contributed by atoms with Gasteiger partial charge in [-0.2, -0.15) is 10.5 Å². The third-order valence-corrected chi connectivity index (χ3v) is 1.89. The molecule has 0 spiro atoms. The average molecular weight is 198 g/mol. The number of nitrogens with zero attached hydrogens (tertiary/aromatic N) is 2. The van der Waals surface area contributed by atoms with Crippen LogP contribution in [0.4, 0.5) is 11.4 Å². The standard InChI is InChI=1S/C11H10N4/c1-2-4-9-5-3-6-10(14-7-12)11(9)15-8-13/h2-3,5-6,14-15H,1,4H2. The zero-order valence-corrected chi connectivity index (χ0v) is 8.12. The molecule has 0 heterocycles. The minimum Gasteiger partial charge on any atom is -0.291 e. The highest BCUT2D eigenvalue weighted by Gasteiger charge is 2.05. The molecule has 0 saturated carbocycles. The molecule has 0 amide bonds. The van der Waals surface area contributed by atoms with Gasteiger partial charge in [0.2, 0.25) is 0 Å². The molecule has 4 nitrogen and oxygen atoms in total. The molecule has 15 heavy (non-hydrogen) atoms. The molecule has 0 bridgehead atoms. The predicted octanol–water partition coefficient (Wildman–Crippen LogP) is 2.20. The van der Waals surface area contributed by atoms with E-state index in [1.807, 2.05) is 24.5 Å². The van der Waals surface area contributed by atoms with Gasteiger partial charge in [-0.1, -0.05) is 18.2 Å². The van der Waals surface area contributed by atoms with E-state index in [0.717, 1.165) is 5.56 Å². The van der Waals surface area contributed by atoms with Crippen molar-refractivity contribution in [2.24, 2.45) is 0 Å². The van der Waals surface area contributed by atoms with Crippen LogP contribution in [-0.4, -0.2) is 0 Å². The molecule has 2 N–H and O–H groups in total. The number of hydrogen-bond donors (Lipinski definition) is 2. The largest absolute Gasteiger partial charge is 0.291 e. The normalized spacial score (nSPS) is 8.40. The zero-order valence-electron chi connectivity index (χ0n) is 8.12. The molecule has 0 aliphatic carbocycles. The predicted molar refractivity (Wildman–Crippen MR) is 58.8 cm³/mol. The molecule has 1 rings (SSSR count). The first kappa shape index (κ1) is 10.6. The Morgan fingerprint density at radius 1 is 1.27 bits per heavy atom. The van der Waals surface area contributed by atoms with Gasteiger partial charge in [-0.25, -0.2) is 0 Å². The number of anilines is 2. The first-order valence-electron chi connectivity index (χ1n) is 4.36. The summed E-state index contributed by atoms with van der Waals surface area (Å²) >= 11 is 0. The smallest absolute Gasteiger partial charge is 0.181 e. The van der Waals surface area contributed by atoms with Crippen molar-refractivity contribution in [3.63, 3.8) is 0 Å². The van der Waals surface area contributed by atoms with E-state index >= 15 is 0 Å². The van der Waals surface area contributed by atoms with Crippen LogP contribution in [-0.2, 0) is 6.42 Å². The summed E-state index contributed by atoms with van der Waals surface area (Å²) in [6.07, 6.45) is 6.06. The van der Waals surface area contributed by atoms with Crippen molar-refractivity contribution in [3.05, 3.63) is 36.4 Å². The molecular weight excluding hydrogens is 188 g/mol. The summed E-state index contributed by atoms with van der Waals surface area (Å²) in [6.45, 7) is 3.64. The molecule has 0 unspecified atom stereocenters. The zero-order chi connectivity index (χ0) is 11.1. The molecule has 4 heteroatoms. The van der Waals surface area contributed by atoms with E-state index in [1.165, 1.54) is 0 Å². The Labute approximate surface area is 88.5 Å². The van der Waals surface area contributed by atoms with Gasteiger partial charge in [0, 0.05) is 0 Å². The molecule has 1 aromatic rings. The maximum atomic E-state index is 8.61. The van der Waals surface area contributed by atoms with Gasteiger partial charge in [0.1, 0.15) is 0 Å². The van der Waals surface area contributed by atoms with Crippen molar-refractivity contribution >= 4 is 11.4 Å². The number of nitrogens with one attached hydrogen (secondary N) is 2. The number of rotatable bonds is 4. The minimum absolute atomic E-state index is 0.596. The molecule has 74 valence electrons. The summed E-state index contributed by atoms with van der Waals surface area (Å²) in [4.78, 5) is 0. The Morgan fingerprint density at radius 3 is 2.60 bits per heavy atom. The second-order valence-corrected chi connectivity index (χ2v) is 2.81. The molecule has 0 aliphatic heterocycles. The number of allylic oxidation sites excluding steroid dienone is 1. The SMILES string of the molecule is C=CCc1cccc(NC#N)c1NC#N. The van der Waals surface area contributed by atoms with Gasteiger partial charge >= 0.3 is 0 Å². The second kappa shape index (κ2) is 5.31. The average Bonchev–Trinajstić information content (AvgIpc) is 2.23. The van der Waals surface area contributed by atoms with E-state index in [2.05, 4.69) is 17.2 Å². The molecular formula is C11H10N4. The molecule has 0 radical (unpaired) electrons. The van der Waals surface area contributed by atoms with E-state index in [-0.39, 0.29) is 0 Å². The van der Waals surface area contributed by atoms with Crippen LogP contribution < -0.4 is 10.6 Å². The van der Waals surface area contributed by atoms with E-state index < -0.39 is 0 Å². The minimum atomic E-state index is 0.596. The van der Waals surface area contributed by atoms with Crippen LogP contribution in [0.2, 0.25) is 0 Å². The van der Waals surface area contributed by atoms with Crippen LogP contribution in [0.15, 0.2) is 30.9 Å². The lowest BCUT2D eigenvalue weighted by Crippen LogP contribution is -1.99. The number of nitriles is 2. The van der Waals surface area contributed by atoms with Crippen molar-refractivity contribution in [3.8, 4) is 12.4 Å². The lowest BCUT2D eigenvalue weighted by atomic mass is 10.1. The van der Waals surface area contributed by atoms with Crippen LogP contribution in [0.3, 0.4) is 0 Å². The fraction of sp³-hybridized carbons (Fsp3) is 0.0909. The lowest BCUT2D eigenvalue weighted by Gasteiger charge is -2.09. The summed E-state index contributed by atoms with van der Waals surface area (Å²) < 4.78 is 0. The van der Waals surface area contributed by atoms with E-state index in [1.54, 1.807) is 12.1 Å². The van der Waals surface area contributed by atoms with E-state index in [0.29, 0.717) is 17.8 Å². The van der Waals surface area contributed by atoms with Crippen molar-refractivity contribution in [2.75, 3.05) is 10.6 Å². The molecule has 0 fully saturated rings. The van der Waals surface area contributed by atoms with Crippen LogP contribution in [0, 0.1) is 22.9 Å². The van der Waals surface area contributed by atoms with Crippen molar-refractivity contribution < 1.29 is 0 Å². The molecule has 0 saturated heterocycles. The summed E-state index contributed by atoms with van der Waals surface area (Å²) in [5, 5.41) is 22.2. The Kier molecular flexibility index (Phi) is 3.76. The Morgan fingerprint density at radius 2 is 2.00 bits per heavy atom. The van der Waals surface area contributed by atoms with Crippen molar-refractivity contribution in [1.29, 1.82) is 10.5 Å². The van der Waals surface area contributed by atoms with Gasteiger partial charge < -0.3 is 0 Å². The number of benzene rings is 1. The van der Waals surface area contributed by atoms with E-state index in [4.69, 9.17) is 10.5 Å². The highest BCUT2D eigenvalue weighted by atomic mass is 14.9. The summed E-state index contributed by atoms with van der Waals surface area (Å²) in [5.41, 5.74) is 2.15. The van der Waals surface area contributed by atoms with Crippen LogP contribution >= 0.6 is 0 Å². The molecule has 0 aromatic heterocycles. The quantitative estimate of drug-likeness (QED) is 0.442. The van der Waals surface area contributed by atoms with Crippen LogP contribution in [0.25, 0.3) is 0 Å². The molecule has 1 aromatic carbocycles. The van der Waals surface area contributed by atoms with Gasteiger partial charge in [-0.05, 0) is 18.1 Å². The monoisotopic (exact) mass is 198 g/mol. The summed E-state index contributed by atoms with van der Waals surface area (Å²) in [7, 11) is 0. The van der Waals surface area contributed by atoms with Gasteiger partial charge in [0.15, 0.2) is 12.4 Å². The fourth-order valence-corrected chi connectivity index (χ4v) is 1.29. The third-order valence-electron chi connectivity index (χ3n) is 1.89. The molecule has 0 atom stereocenters. The first-order valence-corrected chi connectivity index (χ1v) is 4.36. The maximum absolute atomic E-state index is 8.61. The van der Waals surface area contributed by atoms with E-state index in [9.17, 15) is 0 Å². The topological polar surface area (TPSA) is 71.6 Å². The van der Waals surface area contributed by atoms with Crippen LogP contribution in [0.5, 0.6) is 0 Å². The highest BCUT2D eigenvalue weighted by Crippen LogP contribution is 2.26. The van der Waals surface area contributed by atoms with Crippen molar-refractivity contribution in [2.45, 2.75) is 6.42 Å². The fourth-order valence-electron chi connectivity index (χ4n) is 1.29. The van der Waals surface area contributed by atoms with Gasteiger partial charge in [-0.3, -0.25) is 10.6 Å². The Bertz CT molecular complexity index is 437. The highest BCUT2D eigenvalue weighted by molar-refractivity contribution is 5.75. The summed E-state index contributed by atoms with van der Waals surface area (Å²) in [5.74, 6) is 0. The number of para-hydroxylation sites is 1.